The molecule has 0 bridgehead atoms. The lowest BCUT2D eigenvalue weighted by atomic mass is 10.0. The van der Waals surface area contributed by atoms with Gasteiger partial charge in [0.25, 0.3) is 0 Å². The number of fused-ring (bicyclic) bond motifs is 1. The van der Waals surface area contributed by atoms with Crippen molar-refractivity contribution in [3.8, 4) is 11.3 Å². The van der Waals surface area contributed by atoms with Crippen LogP contribution < -0.4 is 11.2 Å². The van der Waals surface area contributed by atoms with Gasteiger partial charge in [-0.3, -0.25) is 4.79 Å². The summed E-state index contributed by atoms with van der Waals surface area (Å²) in [6, 6.07) is 17.5. The van der Waals surface area contributed by atoms with Gasteiger partial charge in [-0.1, -0.05) is 42.5 Å². The average Bonchev–Trinajstić information content (AvgIpc) is 2.51. The van der Waals surface area contributed by atoms with Gasteiger partial charge in [-0.05, 0) is 17.7 Å². The number of nitrogens with zero attached hydrogens (tertiary/aromatic N) is 1. The summed E-state index contributed by atoms with van der Waals surface area (Å²) in [5.41, 5.74) is 9.36. The summed E-state index contributed by atoms with van der Waals surface area (Å²) in [7, 11) is 1.98. The first kappa shape index (κ1) is 15.3. The molecule has 108 valence electrons. The zero-order valence-electron chi connectivity index (χ0n) is 11.7. The first-order chi connectivity index (χ1) is 9.74. The number of rotatable bonds is 2. The number of nitrogens with two attached hydrogens (primary N) is 1. The average molecular weight is 301 g/mol. The van der Waals surface area contributed by atoms with E-state index in [0.29, 0.717) is 5.56 Å². The summed E-state index contributed by atoms with van der Waals surface area (Å²) in [6.45, 7) is 0.238. The molecule has 0 fully saturated rings. The van der Waals surface area contributed by atoms with Crippen LogP contribution in [0.3, 0.4) is 0 Å². The molecule has 21 heavy (non-hydrogen) atoms. The quantitative estimate of drug-likeness (QED) is 0.790. The van der Waals surface area contributed by atoms with Crippen molar-refractivity contribution in [3.63, 3.8) is 0 Å². The minimum atomic E-state index is 0. The largest absolute Gasteiger partial charge is 0.343 e. The molecule has 0 atom stereocenters. The number of aromatic nitrogens is 1. The third kappa shape index (κ3) is 2.46. The van der Waals surface area contributed by atoms with E-state index in [-0.39, 0.29) is 24.4 Å². The molecule has 3 nitrogen and oxygen atoms in total. The number of benzene rings is 2. The highest BCUT2D eigenvalue weighted by Crippen LogP contribution is 2.24. The van der Waals surface area contributed by atoms with Gasteiger partial charge in [-0.15, -0.1) is 12.4 Å². The number of halogens is 1. The van der Waals surface area contributed by atoms with Crippen LogP contribution in [0.2, 0.25) is 0 Å². The Labute approximate surface area is 129 Å². The molecule has 4 heteroatoms. The van der Waals surface area contributed by atoms with Crippen molar-refractivity contribution in [1.82, 2.24) is 4.57 Å². The normalized spacial score (nSPS) is 10.4. The smallest absolute Gasteiger partial charge is 0.194 e. The van der Waals surface area contributed by atoms with Gasteiger partial charge in [0.05, 0.1) is 11.2 Å². The van der Waals surface area contributed by atoms with Crippen molar-refractivity contribution in [1.29, 1.82) is 0 Å². The maximum atomic E-state index is 12.6. The van der Waals surface area contributed by atoms with Crippen molar-refractivity contribution in [2.45, 2.75) is 6.54 Å². The van der Waals surface area contributed by atoms with Gasteiger partial charge in [0.1, 0.15) is 0 Å². The highest BCUT2D eigenvalue weighted by Gasteiger charge is 2.14. The van der Waals surface area contributed by atoms with Crippen molar-refractivity contribution < 1.29 is 0 Å². The fraction of sp³-hybridized carbons (Fsp3) is 0.118. The molecular weight excluding hydrogens is 284 g/mol. The standard InChI is InChI=1S/C17H16N2O.ClH/c1-19-15-10-6-5-9-13(15)17(20)14(11-18)16(19)12-7-3-2-4-8-12;/h2-10H,11,18H2,1H3;1H. The molecule has 0 aliphatic carbocycles. The van der Waals surface area contributed by atoms with E-state index in [9.17, 15) is 4.79 Å². The summed E-state index contributed by atoms with van der Waals surface area (Å²) >= 11 is 0. The topological polar surface area (TPSA) is 48.0 Å². The third-order valence-corrected chi connectivity index (χ3v) is 3.66. The van der Waals surface area contributed by atoms with E-state index in [4.69, 9.17) is 5.73 Å². The van der Waals surface area contributed by atoms with Crippen LogP contribution in [0.4, 0.5) is 0 Å². The minimum Gasteiger partial charge on any atom is -0.343 e. The van der Waals surface area contributed by atoms with E-state index in [1.54, 1.807) is 0 Å². The monoisotopic (exact) mass is 300 g/mol. The number of pyridine rings is 1. The van der Waals surface area contributed by atoms with Crippen LogP contribution in [-0.4, -0.2) is 4.57 Å². The number of para-hydroxylation sites is 1. The molecule has 0 aliphatic rings. The molecule has 0 aliphatic heterocycles. The number of hydrogen-bond donors (Lipinski definition) is 1. The molecular formula is C17H17ClN2O. The van der Waals surface area contributed by atoms with Gasteiger partial charge in [-0.2, -0.15) is 0 Å². The molecule has 0 amide bonds. The molecule has 3 aromatic rings. The number of hydrogen-bond acceptors (Lipinski definition) is 2. The van der Waals surface area contributed by atoms with Gasteiger partial charge in [0, 0.05) is 24.5 Å². The minimum absolute atomic E-state index is 0. The highest BCUT2D eigenvalue weighted by molar-refractivity contribution is 5.85. The van der Waals surface area contributed by atoms with E-state index < -0.39 is 0 Å². The lowest BCUT2D eigenvalue weighted by Gasteiger charge is -2.16. The number of aryl methyl sites for hydroxylation is 1. The summed E-state index contributed by atoms with van der Waals surface area (Å²) in [5, 5.41) is 0.718. The predicted molar refractivity (Wildman–Crippen MR) is 89.8 cm³/mol. The summed E-state index contributed by atoms with van der Waals surface area (Å²) in [4.78, 5) is 12.6. The predicted octanol–water partition coefficient (Wildman–Crippen LogP) is 3.09. The van der Waals surface area contributed by atoms with Crippen LogP contribution in [0.25, 0.3) is 22.2 Å². The van der Waals surface area contributed by atoms with Gasteiger partial charge in [0.2, 0.25) is 0 Å². The van der Waals surface area contributed by atoms with Crippen LogP contribution in [0.15, 0.2) is 59.4 Å². The van der Waals surface area contributed by atoms with Crippen LogP contribution in [0.5, 0.6) is 0 Å². The second-order valence-electron chi connectivity index (χ2n) is 4.80. The Morgan fingerprint density at radius 1 is 1.00 bits per heavy atom. The van der Waals surface area contributed by atoms with Crippen LogP contribution in [-0.2, 0) is 13.6 Å². The summed E-state index contributed by atoms with van der Waals surface area (Å²) in [5.74, 6) is 0. The summed E-state index contributed by atoms with van der Waals surface area (Å²) in [6.07, 6.45) is 0. The molecule has 0 radical (unpaired) electrons. The van der Waals surface area contributed by atoms with Crippen LogP contribution in [0, 0.1) is 0 Å². The molecule has 0 spiro atoms. The first-order valence-electron chi connectivity index (χ1n) is 6.60. The fourth-order valence-electron chi connectivity index (χ4n) is 2.70. The molecule has 1 heterocycles. The molecule has 3 rings (SSSR count). The Morgan fingerprint density at radius 3 is 2.29 bits per heavy atom. The molecule has 1 aromatic heterocycles. The molecule has 2 N–H and O–H groups in total. The van der Waals surface area contributed by atoms with E-state index in [0.717, 1.165) is 22.2 Å². The molecule has 2 aromatic carbocycles. The van der Waals surface area contributed by atoms with Crippen molar-refractivity contribution in [2.75, 3.05) is 0 Å². The fourth-order valence-corrected chi connectivity index (χ4v) is 2.70. The van der Waals surface area contributed by atoms with Crippen molar-refractivity contribution in [3.05, 3.63) is 70.4 Å². The maximum absolute atomic E-state index is 12.6. The van der Waals surface area contributed by atoms with Crippen LogP contribution in [0.1, 0.15) is 5.56 Å². The van der Waals surface area contributed by atoms with E-state index in [1.165, 1.54) is 0 Å². The zero-order chi connectivity index (χ0) is 14.1. The second-order valence-corrected chi connectivity index (χ2v) is 4.80. The Kier molecular flexibility index (Phi) is 4.46. The van der Waals surface area contributed by atoms with Gasteiger partial charge >= 0.3 is 0 Å². The Balaban J connectivity index is 0.00000161. The zero-order valence-corrected chi connectivity index (χ0v) is 12.6. The lowest BCUT2D eigenvalue weighted by Crippen LogP contribution is -2.19. The van der Waals surface area contributed by atoms with Crippen molar-refractivity contribution in [2.24, 2.45) is 12.8 Å². The summed E-state index contributed by atoms with van der Waals surface area (Å²) < 4.78 is 2.05. The lowest BCUT2D eigenvalue weighted by molar-refractivity contribution is 0.923. The Hall–Kier alpha value is -2.10. The Bertz CT molecular complexity index is 825. The van der Waals surface area contributed by atoms with Gasteiger partial charge in [0.15, 0.2) is 5.43 Å². The van der Waals surface area contributed by atoms with Crippen LogP contribution >= 0.6 is 12.4 Å². The molecule has 0 saturated carbocycles. The van der Waals surface area contributed by atoms with E-state index >= 15 is 0 Å². The first-order valence-corrected chi connectivity index (χ1v) is 6.60. The Morgan fingerprint density at radius 2 is 1.62 bits per heavy atom. The third-order valence-electron chi connectivity index (χ3n) is 3.66. The molecule has 0 saturated heterocycles. The van der Waals surface area contributed by atoms with Gasteiger partial charge in [-0.25, -0.2) is 0 Å². The SMILES string of the molecule is Cl.Cn1c(-c2ccccc2)c(CN)c(=O)c2ccccc21. The van der Waals surface area contributed by atoms with E-state index in [1.807, 2.05) is 66.2 Å². The van der Waals surface area contributed by atoms with E-state index in [2.05, 4.69) is 0 Å². The maximum Gasteiger partial charge on any atom is 0.194 e. The second kappa shape index (κ2) is 6.12. The van der Waals surface area contributed by atoms with Gasteiger partial charge < -0.3 is 10.3 Å². The van der Waals surface area contributed by atoms with Crippen molar-refractivity contribution >= 4 is 23.3 Å². The highest BCUT2D eigenvalue weighted by atomic mass is 35.5. The molecule has 0 unspecified atom stereocenters.